The van der Waals surface area contributed by atoms with Crippen molar-refractivity contribution in [2.24, 2.45) is 0 Å². The molecule has 0 heterocycles. The SMILES string of the molecule is CC/C=C\C/C=C\C/C=C\C/C=C\C/C=C\CCCCCCCCCCCCCCCCCCCC(=O)OC(COC(=O)CCCCCCCCC/C=C\C/C=C\CCCCCC)COP(=O)(O)OCC[N+](C)(C)C. The van der Waals surface area contributed by atoms with Crippen molar-refractivity contribution in [3.8, 4) is 0 Å². The molecule has 0 aliphatic rings. The van der Waals surface area contributed by atoms with Gasteiger partial charge < -0.3 is 18.9 Å². The Morgan fingerprint density at radius 3 is 1.13 bits per heavy atom. The molecular weight excluding hydrogens is 954 g/mol. The first-order valence-electron chi connectivity index (χ1n) is 30.8. The topological polar surface area (TPSA) is 108 Å². The van der Waals surface area contributed by atoms with Crippen molar-refractivity contribution >= 4 is 19.8 Å². The van der Waals surface area contributed by atoms with Crippen molar-refractivity contribution in [3.05, 3.63) is 85.1 Å². The number of hydrogen-bond donors (Lipinski definition) is 1. The largest absolute Gasteiger partial charge is 0.472 e. The molecule has 0 aromatic heterocycles. The number of rotatable bonds is 56. The van der Waals surface area contributed by atoms with Crippen molar-refractivity contribution in [1.82, 2.24) is 0 Å². The second-order valence-corrected chi connectivity index (χ2v) is 23.2. The van der Waals surface area contributed by atoms with E-state index >= 15 is 0 Å². The van der Waals surface area contributed by atoms with E-state index in [9.17, 15) is 19.0 Å². The van der Waals surface area contributed by atoms with Crippen LogP contribution in [0.15, 0.2) is 85.1 Å². The minimum Gasteiger partial charge on any atom is -0.462 e. The summed E-state index contributed by atoms with van der Waals surface area (Å²) < 4.78 is 34.6. The summed E-state index contributed by atoms with van der Waals surface area (Å²) in [6.07, 6.45) is 75.2. The molecule has 0 aromatic carbocycles. The quantitative estimate of drug-likeness (QED) is 0.0211. The van der Waals surface area contributed by atoms with Gasteiger partial charge in [0.25, 0.3) is 0 Å². The van der Waals surface area contributed by atoms with Gasteiger partial charge in [0.05, 0.1) is 27.7 Å². The predicted octanol–water partition coefficient (Wildman–Crippen LogP) is 19.4. The van der Waals surface area contributed by atoms with Gasteiger partial charge >= 0.3 is 19.8 Å². The second-order valence-electron chi connectivity index (χ2n) is 21.7. The van der Waals surface area contributed by atoms with Crippen molar-refractivity contribution in [2.75, 3.05) is 47.5 Å². The first-order chi connectivity index (χ1) is 36.5. The van der Waals surface area contributed by atoms with Crippen LogP contribution in [0.5, 0.6) is 0 Å². The zero-order valence-corrected chi connectivity index (χ0v) is 50.2. The smallest absolute Gasteiger partial charge is 0.462 e. The predicted molar refractivity (Wildman–Crippen MR) is 321 cm³/mol. The number of nitrogens with zero attached hydrogens (tertiary/aromatic N) is 1. The first-order valence-corrected chi connectivity index (χ1v) is 32.3. The molecule has 0 radical (unpaired) electrons. The van der Waals surface area contributed by atoms with Crippen LogP contribution in [0, 0.1) is 0 Å². The zero-order valence-electron chi connectivity index (χ0n) is 49.3. The van der Waals surface area contributed by atoms with E-state index in [1.807, 2.05) is 21.1 Å². The summed E-state index contributed by atoms with van der Waals surface area (Å²) in [7, 11) is 1.47. The molecule has 0 spiro atoms. The summed E-state index contributed by atoms with van der Waals surface area (Å²) in [5.74, 6) is -0.801. The third-order valence-electron chi connectivity index (χ3n) is 13.2. The summed E-state index contributed by atoms with van der Waals surface area (Å²) in [6.45, 7) is 4.31. The number of phosphoric ester groups is 1. The van der Waals surface area contributed by atoms with Crippen LogP contribution in [-0.2, 0) is 32.7 Å². The van der Waals surface area contributed by atoms with Crippen molar-refractivity contribution < 1.29 is 42.1 Å². The Balaban J connectivity index is 4.07. The van der Waals surface area contributed by atoms with Crippen LogP contribution >= 0.6 is 7.82 Å². The van der Waals surface area contributed by atoms with E-state index in [-0.39, 0.29) is 32.0 Å². The lowest BCUT2D eigenvalue weighted by atomic mass is 10.0. The van der Waals surface area contributed by atoms with Crippen molar-refractivity contribution in [3.63, 3.8) is 0 Å². The Hall–Kier alpha value is -2.81. The van der Waals surface area contributed by atoms with Crippen LogP contribution in [0.3, 0.4) is 0 Å². The van der Waals surface area contributed by atoms with Gasteiger partial charge in [-0.25, -0.2) is 4.57 Å². The fraction of sp³-hybridized carbons (Fsp3) is 0.754. The average molecular weight is 1070 g/mol. The molecule has 0 saturated heterocycles. The molecule has 0 amide bonds. The lowest BCUT2D eigenvalue weighted by molar-refractivity contribution is -0.870. The van der Waals surface area contributed by atoms with E-state index in [2.05, 4.69) is 98.9 Å². The fourth-order valence-electron chi connectivity index (χ4n) is 8.43. The van der Waals surface area contributed by atoms with Gasteiger partial charge in [-0.1, -0.05) is 247 Å². The van der Waals surface area contributed by atoms with Crippen molar-refractivity contribution in [1.29, 1.82) is 0 Å². The maximum absolute atomic E-state index is 12.8. The number of hydrogen-bond acceptors (Lipinski definition) is 7. The van der Waals surface area contributed by atoms with Gasteiger partial charge in [-0.3, -0.25) is 18.6 Å². The Labute approximate surface area is 462 Å². The van der Waals surface area contributed by atoms with Gasteiger partial charge in [-0.05, 0) is 89.9 Å². The molecule has 0 bridgehead atoms. The third-order valence-corrected chi connectivity index (χ3v) is 14.1. The van der Waals surface area contributed by atoms with Gasteiger partial charge in [0.15, 0.2) is 6.10 Å². The third kappa shape index (κ3) is 60.3. The van der Waals surface area contributed by atoms with E-state index in [1.54, 1.807) is 0 Å². The molecule has 2 atom stereocenters. The van der Waals surface area contributed by atoms with E-state index in [0.717, 1.165) is 83.5 Å². The van der Waals surface area contributed by atoms with Crippen LogP contribution < -0.4 is 0 Å². The minimum absolute atomic E-state index is 0.0285. The van der Waals surface area contributed by atoms with Gasteiger partial charge in [0, 0.05) is 12.8 Å². The molecule has 0 rings (SSSR count). The second kappa shape index (κ2) is 55.9. The van der Waals surface area contributed by atoms with Crippen LogP contribution in [0.1, 0.15) is 264 Å². The van der Waals surface area contributed by atoms with Crippen LogP contribution in [-0.4, -0.2) is 74.9 Å². The van der Waals surface area contributed by atoms with Gasteiger partial charge in [0.1, 0.15) is 19.8 Å². The number of allylic oxidation sites excluding steroid dienone is 14. The van der Waals surface area contributed by atoms with Gasteiger partial charge in [-0.2, -0.15) is 0 Å². The summed E-state index contributed by atoms with van der Waals surface area (Å²) in [5.41, 5.74) is 0. The molecule has 0 saturated carbocycles. The molecule has 434 valence electrons. The van der Waals surface area contributed by atoms with Crippen LogP contribution in [0.4, 0.5) is 0 Å². The molecule has 0 aliphatic carbocycles. The molecular formula is C65H117NO8P+. The van der Waals surface area contributed by atoms with Gasteiger partial charge in [-0.15, -0.1) is 0 Å². The zero-order chi connectivity index (χ0) is 54.9. The Bertz CT molecular complexity index is 1540. The molecule has 0 aromatic rings. The molecule has 0 aliphatic heterocycles. The average Bonchev–Trinajstić information content (AvgIpc) is 3.37. The fourth-order valence-corrected chi connectivity index (χ4v) is 9.17. The molecule has 9 nitrogen and oxygen atoms in total. The highest BCUT2D eigenvalue weighted by Crippen LogP contribution is 2.43. The number of ether oxygens (including phenoxy) is 2. The van der Waals surface area contributed by atoms with Crippen molar-refractivity contribution in [2.45, 2.75) is 270 Å². The monoisotopic (exact) mass is 1070 g/mol. The highest BCUT2D eigenvalue weighted by molar-refractivity contribution is 7.47. The van der Waals surface area contributed by atoms with E-state index in [1.165, 1.54) is 148 Å². The van der Waals surface area contributed by atoms with Crippen LogP contribution in [0.2, 0.25) is 0 Å². The Morgan fingerprint density at radius 2 is 0.760 bits per heavy atom. The molecule has 1 N–H and O–H groups in total. The normalized spacial score (nSPS) is 13.8. The molecule has 2 unspecified atom stereocenters. The van der Waals surface area contributed by atoms with E-state index in [4.69, 9.17) is 18.5 Å². The molecule has 10 heteroatoms. The summed E-state index contributed by atoms with van der Waals surface area (Å²) in [4.78, 5) is 35.7. The standard InChI is InChI=1S/C65H116NO8P/c1-6-8-10-12-14-16-18-20-22-24-26-27-28-29-30-31-32-33-34-35-36-37-38-39-40-42-44-46-48-50-52-54-56-58-65(68)74-63(62-73-75(69,70)72-60-59-66(3,4)5)61-71-64(67)57-55-53-51-49-47-45-43-41-25-23-21-19-17-15-13-11-9-7-2/h8,10,14,16-17,19-20,22-23,25-27,29-30,63H,6-7,9,11-13,15,18,21,24,28,31-62H2,1-5H3/p+1/b10-8-,16-14-,19-17-,22-20-,25-23-,27-26-,30-29-. The summed E-state index contributed by atoms with van der Waals surface area (Å²) in [5, 5.41) is 0. The number of quaternary nitrogens is 1. The number of carbonyl (C=O) groups is 2. The number of likely N-dealkylation sites (N-methyl/N-ethyl adjacent to an activating group) is 1. The lowest BCUT2D eigenvalue weighted by Gasteiger charge is -2.24. The summed E-state index contributed by atoms with van der Waals surface area (Å²) in [6, 6.07) is 0. The Kier molecular flexibility index (Phi) is 53.8. The summed E-state index contributed by atoms with van der Waals surface area (Å²) >= 11 is 0. The first kappa shape index (κ1) is 72.2. The van der Waals surface area contributed by atoms with Gasteiger partial charge in [0.2, 0.25) is 0 Å². The highest BCUT2D eigenvalue weighted by atomic mass is 31.2. The number of unbranched alkanes of at least 4 members (excludes halogenated alkanes) is 28. The number of carbonyl (C=O) groups excluding carboxylic acids is 2. The lowest BCUT2D eigenvalue weighted by Crippen LogP contribution is -2.37. The Morgan fingerprint density at radius 1 is 0.427 bits per heavy atom. The number of esters is 2. The minimum atomic E-state index is -4.39. The molecule has 0 fully saturated rings. The van der Waals surface area contributed by atoms with E-state index < -0.39 is 26.5 Å². The van der Waals surface area contributed by atoms with E-state index in [0.29, 0.717) is 17.4 Å². The maximum Gasteiger partial charge on any atom is 0.472 e. The maximum atomic E-state index is 12.8. The highest BCUT2D eigenvalue weighted by Gasteiger charge is 2.27. The number of phosphoric acid groups is 1. The van der Waals surface area contributed by atoms with Crippen LogP contribution in [0.25, 0.3) is 0 Å². The molecule has 75 heavy (non-hydrogen) atoms.